The molecule has 1 aliphatic carbocycles. The summed E-state index contributed by atoms with van der Waals surface area (Å²) in [7, 11) is 0. The molecule has 66 valence electrons. The van der Waals surface area contributed by atoms with Crippen LogP contribution in [0.15, 0.2) is 8.68 Å². The van der Waals surface area contributed by atoms with Gasteiger partial charge >= 0.3 is 0 Å². The molecule has 1 heterocycles. The van der Waals surface area contributed by atoms with Crippen molar-refractivity contribution in [3.8, 4) is 0 Å². The van der Waals surface area contributed by atoms with Gasteiger partial charge in [-0.1, -0.05) is 41.3 Å². The first-order valence-electron chi connectivity index (χ1n) is 3.92. The van der Waals surface area contributed by atoms with Gasteiger partial charge in [0.25, 0.3) is 0 Å². The van der Waals surface area contributed by atoms with Gasteiger partial charge in [0, 0.05) is 5.25 Å². The van der Waals surface area contributed by atoms with Crippen LogP contribution < -0.4 is 0 Å². The van der Waals surface area contributed by atoms with Crippen LogP contribution in [0.5, 0.6) is 0 Å². The Labute approximate surface area is 84.5 Å². The summed E-state index contributed by atoms with van der Waals surface area (Å²) in [6.45, 7) is 0. The van der Waals surface area contributed by atoms with Gasteiger partial charge in [-0.3, -0.25) is 0 Å². The Morgan fingerprint density at radius 3 is 2.58 bits per heavy atom. The van der Waals surface area contributed by atoms with Crippen molar-refractivity contribution in [2.24, 2.45) is 0 Å². The zero-order valence-electron chi connectivity index (χ0n) is 6.82. The van der Waals surface area contributed by atoms with Crippen molar-refractivity contribution in [1.29, 1.82) is 0 Å². The highest BCUT2D eigenvalue weighted by Crippen LogP contribution is 2.38. The van der Waals surface area contributed by atoms with Crippen molar-refractivity contribution >= 4 is 34.9 Å². The number of hydrogen-bond acceptors (Lipinski definition) is 5. The molecule has 2 rings (SSSR count). The van der Waals surface area contributed by atoms with Crippen LogP contribution in [0.3, 0.4) is 0 Å². The molecule has 0 amide bonds. The molecule has 0 atom stereocenters. The fraction of sp³-hybridized carbons (Fsp3) is 0.714. The minimum atomic E-state index is 0.827. The van der Waals surface area contributed by atoms with Gasteiger partial charge in [0.1, 0.15) is 0 Å². The van der Waals surface area contributed by atoms with Gasteiger partial charge in [0.05, 0.1) is 0 Å². The Bertz CT molecular complexity index is 257. The average Bonchev–Trinajstić information content (AvgIpc) is 2.44. The van der Waals surface area contributed by atoms with Crippen LogP contribution in [-0.4, -0.2) is 21.7 Å². The van der Waals surface area contributed by atoms with E-state index in [2.05, 4.69) is 10.2 Å². The summed E-state index contributed by atoms with van der Waals surface area (Å²) in [5, 5.41) is 9.00. The third-order valence-electron chi connectivity index (χ3n) is 1.88. The molecule has 1 aromatic heterocycles. The summed E-state index contributed by atoms with van der Waals surface area (Å²) in [4.78, 5) is 0. The van der Waals surface area contributed by atoms with Gasteiger partial charge in [0.2, 0.25) is 0 Å². The van der Waals surface area contributed by atoms with Gasteiger partial charge in [-0.25, -0.2) is 0 Å². The fourth-order valence-corrected chi connectivity index (χ4v) is 3.90. The molecule has 0 bridgehead atoms. The second kappa shape index (κ2) is 3.98. The average molecular weight is 218 g/mol. The molecule has 12 heavy (non-hydrogen) atoms. The molecule has 1 aromatic rings. The van der Waals surface area contributed by atoms with E-state index < -0.39 is 0 Å². The molecule has 0 unspecified atom stereocenters. The Morgan fingerprint density at radius 1 is 1.33 bits per heavy atom. The zero-order valence-corrected chi connectivity index (χ0v) is 9.27. The highest BCUT2D eigenvalue weighted by Gasteiger charge is 2.20. The highest BCUT2D eigenvalue weighted by atomic mass is 32.2. The van der Waals surface area contributed by atoms with E-state index in [0.29, 0.717) is 0 Å². The number of hydrogen-bond donors (Lipinski definition) is 0. The first-order valence-corrected chi connectivity index (χ1v) is 6.85. The topological polar surface area (TPSA) is 25.8 Å². The maximum atomic E-state index is 4.12. The van der Waals surface area contributed by atoms with Gasteiger partial charge in [-0.15, -0.1) is 10.2 Å². The van der Waals surface area contributed by atoms with Crippen molar-refractivity contribution in [2.75, 3.05) is 6.26 Å². The van der Waals surface area contributed by atoms with Crippen LogP contribution >= 0.6 is 34.9 Å². The Hall–Kier alpha value is 0.260. The predicted octanol–water partition coefficient (Wildman–Crippen LogP) is 2.90. The van der Waals surface area contributed by atoms with E-state index in [1.807, 2.05) is 18.0 Å². The van der Waals surface area contributed by atoms with E-state index in [1.54, 1.807) is 23.1 Å². The van der Waals surface area contributed by atoms with Crippen LogP contribution in [0.1, 0.15) is 19.3 Å². The molecule has 5 heteroatoms. The van der Waals surface area contributed by atoms with Crippen molar-refractivity contribution < 1.29 is 0 Å². The lowest BCUT2D eigenvalue weighted by atomic mass is 10.0. The predicted molar refractivity (Wildman–Crippen MR) is 55.2 cm³/mol. The summed E-state index contributed by atoms with van der Waals surface area (Å²) < 4.78 is 2.22. The maximum Gasteiger partial charge on any atom is 0.175 e. The number of thioether (sulfide) groups is 2. The monoisotopic (exact) mass is 218 g/mol. The van der Waals surface area contributed by atoms with E-state index in [9.17, 15) is 0 Å². The van der Waals surface area contributed by atoms with Crippen LogP contribution in [0.4, 0.5) is 0 Å². The van der Waals surface area contributed by atoms with Crippen LogP contribution in [0.2, 0.25) is 0 Å². The fourth-order valence-electron chi connectivity index (χ4n) is 0.959. The van der Waals surface area contributed by atoms with E-state index in [-0.39, 0.29) is 0 Å². The third-order valence-corrected chi connectivity index (χ3v) is 5.20. The molecule has 1 aliphatic rings. The molecule has 0 N–H and O–H groups in total. The van der Waals surface area contributed by atoms with E-state index in [0.717, 1.165) is 13.9 Å². The third kappa shape index (κ3) is 1.95. The van der Waals surface area contributed by atoms with Crippen molar-refractivity contribution in [2.45, 2.75) is 33.2 Å². The van der Waals surface area contributed by atoms with Gasteiger partial charge in [-0.2, -0.15) is 0 Å². The molecule has 2 nitrogen and oxygen atoms in total. The number of rotatable bonds is 3. The summed E-state index contributed by atoms with van der Waals surface area (Å²) in [5.41, 5.74) is 0. The normalized spacial score (nSPS) is 17.8. The van der Waals surface area contributed by atoms with Crippen LogP contribution in [0.25, 0.3) is 0 Å². The Morgan fingerprint density at radius 2 is 2.08 bits per heavy atom. The summed E-state index contributed by atoms with van der Waals surface area (Å²) >= 11 is 5.29. The zero-order chi connectivity index (χ0) is 8.39. The standard InChI is InChI=1S/C7H10N2S3/c1-10-6-8-9-7(12-6)11-5-3-2-4-5/h5H,2-4H2,1H3. The Kier molecular flexibility index (Phi) is 2.93. The van der Waals surface area contributed by atoms with E-state index >= 15 is 0 Å². The minimum Gasteiger partial charge on any atom is -0.131 e. The molecule has 0 saturated heterocycles. The van der Waals surface area contributed by atoms with E-state index in [1.165, 1.54) is 19.3 Å². The van der Waals surface area contributed by atoms with Gasteiger partial charge in [-0.05, 0) is 19.1 Å². The summed E-state index contributed by atoms with van der Waals surface area (Å²) in [6, 6.07) is 0. The first kappa shape index (κ1) is 8.84. The molecule has 0 aliphatic heterocycles. The maximum absolute atomic E-state index is 4.12. The smallest absolute Gasteiger partial charge is 0.131 e. The number of aromatic nitrogens is 2. The molecule has 0 aromatic carbocycles. The lowest BCUT2D eigenvalue weighted by Crippen LogP contribution is -2.12. The molecule has 1 saturated carbocycles. The quantitative estimate of drug-likeness (QED) is 0.729. The van der Waals surface area contributed by atoms with Crippen molar-refractivity contribution in [3.05, 3.63) is 0 Å². The minimum absolute atomic E-state index is 0.827. The van der Waals surface area contributed by atoms with Gasteiger partial charge < -0.3 is 0 Å². The van der Waals surface area contributed by atoms with Crippen molar-refractivity contribution in [1.82, 2.24) is 10.2 Å². The van der Waals surface area contributed by atoms with E-state index in [4.69, 9.17) is 0 Å². The second-order valence-electron chi connectivity index (χ2n) is 2.71. The molecule has 1 fully saturated rings. The molecular formula is C7H10N2S3. The molecule has 0 radical (unpaired) electrons. The molecule has 0 spiro atoms. The second-order valence-corrected chi connectivity index (χ2v) is 6.29. The molecular weight excluding hydrogens is 208 g/mol. The van der Waals surface area contributed by atoms with Gasteiger partial charge in [0.15, 0.2) is 8.68 Å². The summed E-state index contributed by atoms with van der Waals surface area (Å²) in [5.74, 6) is 0. The highest BCUT2D eigenvalue weighted by molar-refractivity contribution is 8.03. The Balaban J connectivity index is 1.93. The van der Waals surface area contributed by atoms with Crippen LogP contribution in [0, 0.1) is 0 Å². The lowest BCUT2D eigenvalue weighted by Gasteiger charge is -2.22. The largest absolute Gasteiger partial charge is 0.175 e. The van der Waals surface area contributed by atoms with Crippen LogP contribution in [-0.2, 0) is 0 Å². The van der Waals surface area contributed by atoms with Crippen molar-refractivity contribution in [3.63, 3.8) is 0 Å². The summed E-state index contributed by atoms with van der Waals surface area (Å²) in [6.07, 6.45) is 6.15. The first-order chi connectivity index (χ1) is 5.88. The number of nitrogens with zero attached hydrogens (tertiary/aromatic N) is 2. The lowest BCUT2D eigenvalue weighted by molar-refractivity contribution is 0.522. The SMILES string of the molecule is CSc1nnc(SC2CCC2)s1.